The fraction of sp³-hybridized carbons (Fsp3) is 0.333. The van der Waals surface area contributed by atoms with Gasteiger partial charge in [-0.3, -0.25) is 4.79 Å². The Morgan fingerprint density at radius 3 is 2.79 bits per heavy atom. The molecular weight excluding hydrogens is 309 g/mol. The lowest BCUT2D eigenvalue weighted by Crippen LogP contribution is -2.23. The molecule has 0 unspecified atom stereocenters. The minimum absolute atomic E-state index is 0.121. The topological polar surface area (TPSA) is 54.5 Å². The van der Waals surface area contributed by atoms with E-state index in [-0.39, 0.29) is 17.2 Å². The summed E-state index contributed by atoms with van der Waals surface area (Å²) >= 11 is 0. The third-order valence-corrected chi connectivity index (χ3v) is 4.11. The first kappa shape index (κ1) is 16.2. The molecule has 1 aromatic heterocycles. The normalized spacial score (nSPS) is 13.8. The molecule has 0 saturated carbocycles. The molecule has 0 bridgehead atoms. The molecule has 0 radical (unpaired) electrons. The lowest BCUT2D eigenvalue weighted by molar-refractivity contribution is 0.0950. The Bertz CT molecular complexity index is 730. The molecule has 24 heavy (non-hydrogen) atoms. The van der Waals surface area contributed by atoms with Crippen LogP contribution in [0.3, 0.4) is 0 Å². The van der Waals surface area contributed by atoms with E-state index in [2.05, 4.69) is 15.2 Å². The van der Waals surface area contributed by atoms with Gasteiger partial charge in [-0.15, -0.1) is 0 Å². The first-order chi connectivity index (χ1) is 11.7. The standard InChI is InChI=1S/C18H20FN3O2/c1-24-16-5-4-14(11-15(16)19)18(23)21-12-13-6-7-20-17(10-13)22-8-2-3-9-22/h4-7,10-11H,2-3,8-9,12H2,1H3,(H,21,23). The number of halogens is 1. The highest BCUT2D eigenvalue weighted by atomic mass is 19.1. The predicted octanol–water partition coefficient (Wildman–Crippen LogP) is 2.76. The van der Waals surface area contributed by atoms with Gasteiger partial charge in [-0.25, -0.2) is 9.37 Å². The lowest BCUT2D eigenvalue weighted by atomic mass is 10.2. The van der Waals surface area contributed by atoms with Crippen molar-refractivity contribution in [2.45, 2.75) is 19.4 Å². The zero-order chi connectivity index (χ0) is 16.9. The first-order valence-electron chi connectivity index (χ1n) is 7.99. The minimum Gasteiger partial charge on any atom is -0.494 e. The summed E-state index contributed by atoms with van der Waals surface area (Å²) in [4.78, 5) is 18.8. The maximum absolute atomic E-state index is 13.7. The molecule has 1 fully saturated rings. The van der Waals surface area contributed by atoms with Gasteiger partial charge in [0.25, 0.3) is 5.91 Å². The molecule has 0 atom stereocenters. The van der Waals surface area contributed by atoms with E-state index >= 15 is 0 Å². The van der Waals surface area contributed by atoms with Gasteiger partial charge < -0.3 is 15.0 Å². The summed E-state index contributed by atoms with van der Waals surface area (Å²) in [6.07, 6.45) is 4.12. The van der Waals surface area contributed by atoms with Crippen molar-refractivity contribution in [3.8, 4) is 5.75 Å². The molecule has 0 spiro atoms. The number of pyridine rings is 1. The summed E-state index contributed by atoms with van der Waals surface area (Å²) in [5.41, 5.74) is 1.23. The van der Waals surface area contributed by atoms with E-state index in [1.807, 2.05) is 12.1 Å². The summed E-state index contributed by atoms with van der Waals surface area (Å²) in [7, 11) is 1.39. The number of ether oxygens (including phenoxy) is 1. The van der Waals surface area contributed by atoms with Crippen LogP contribution in [-0.4, -0.2) is 31.1 Å². The third kappa shape index (κ3) is 3.64. The molecular formula is C18H20FN3O2. The number of methoxy groups -OCH3 is 1. The second-order valence-electron chi connectivity index (χ2n) is 5.75. The van der Waals surface area contributed by atoms with Gasteiger partial charge in [0.1, 0.15) is 5.82 Å². The van der Waals surface area contributed by atoms with Crippen LogP contribution in [0.1, 0.15) is 28.8 Å². The molecule has 1 aliphatic heterocycles. The molecule has 3 rings (SSSR count). The number of rotatable bonds is 5. The lowest BCUT2D eigenvalue weighted by Gasteiger charge is -2.17. The van der Waals surface area contributed by atoms with Crippen LogP contribution < -0.4 is 15.0 Å². The molecule has 6 heteroatoms. The quantitative estimate of drug-likeness (QED) is 0.916. The average Bonchev–Trinajstić information content (AvgIpc) is 3.14. The van der Waals surface area contributed by atoms with Crippen molar-refractivity contribution in [2.24, 2.45) is 0 Å². The molecule has 126 valence electrons. The number of carbonyl (C=O) groups excluding carboxylic acids is 1. The van der Waals surface area contributed by atoms with Crippen LogP contribution in [0, 0.1) is 5.82 Å². The van der Waals surface area contributed by atoms with Crippen LogP contribution >= 0.6 is 0 Å². The maximum Gasteiger partial charge on any atom is 0.251 e. The van der Waals surface area contributed by atoms with Crippen molar-refractivity contribution in [1.29, 1.82) is 0 Å². The predicted molar refractivity (Wildman–Crippen MR) is 89.8 cm³/mol. The summed E-state index contributed by atoms with van der Waals surface area (Å²) < 4.78 is 18.5. The van der Waals surface area contributed by atoms with Gasteiger partial charge in [-0.2, -0.15) is 0 Å². The van der Waals surface area contributed by atoms with Gasteiger partial charge in [-0.1, -0.05) is 0 Å². The van der Waals surface area contributed by atoms with Gasteiger partial charge in [0.2, 0.25) is 0 Å². The minimum atomic E-state index is -0.551. The molecule has 2 heterocycles. The van der Waals surface area contributed by atoms with Crippen molar-refractivity contribution in [2.75, 3.05) is 25.1 Å². The molecule has 1 N–H and O–H groups in total. The smallest absolute Gasteiger partial charge is 0.251 e. The van der Waals surface area contributed by atoms with Crippen LogP contribution in [0.4, 0.5) is 10.2 Å². The van der Waals surface area contributed by atoms with E-state index in [9.17, 15) is 9.18 Å². The number of amides is 1. The van der Waals surface area contributed by atoms with Crippen LogP contribution in [0.25, 0.3) is 0 Å². The Labute approximate surface area is 140 Å². The first-order valence-corrected chi connectivity index (χ1v) is 7.99. The third-order valence-electron chi connectivity index (χ3n) is 4.11. The molecule has 1 saturated heterocycles. The Morgan fingerprint density at radius 1 is 1.29 bits per heavy atom. The van der Waals surface area contributed by atoms with Gasteiger partial charge in [0.15, 0.2) is 11.6 Å². The molecule has 5 nitrogen and oxygen atoms in total. The number of anilines is 1. The SMILES string of the molecule is COc1ccc(C(=O)NCc2ccnc(N3CCCC3)c2)cc1F. The Balaban J connectivity index is 1.63. The average molecular weight is 329 g/mol. The maximum atomic E-state index is 13.7. The van der Waals surface area contributed by atoms with Gasteiger partial charge in [0.05, 0.1) is 7.11 Å². The largest absolute Gasteiger partial charge is 0.494 e. The molecule has 0 aliphatic carbocycles. The number of benzene rings is 1. The van der Waals surface area contributed by atoms with E-state index in [1.54, 1.807) is 12.3 Å². The Kier molecular flexibility index (Phi) is 4.93. The van der Waals surface area contributed by atoms with E-state index in [0.717, 1.165) is 24.5 Å². The van der Waals surface area contributed by atoms with E-state index < -0.39 is 5.82 Å². The highest BCUT2D eigenvalue weighted by Gasteiger charge is 2.14. The van der Waals surface area contributed by atoms with Crippen LogP contribution in [0.15, 0.2) is 36.5 Å². The van der Waals surface area contributed by atoms with Crippen molar-refractivity contribution >= 4 is 11.7 Å². The molecule has 1 aliphatic rings. The Morgan fingerprint density at radius 2 is 2.08 bits per heavy atom. The second kappa shape index (κ2) is 7.29. The summed E-state index contributed by atoms with van der Waals surface area (Å²) in [6, 6.07) is 8.02. The number of nitrogens with one attached hydrogen (secondary N) is 1. The number of nitrogens with zero attached hydrogens (tertiary/aromatic N) is 2. The summed E-state index contributed by atoms with van der Waals surface area (Å²) in [6.45, 7) is 2.41. The molecule has 1 aromatic carbocycles. The molecule has 2 aromatic rings. The van der Waals surface area contributed by atoms with E-state index in [1.165, 1.54) is 32.1 Å². The van der Waals surface area contributed by atoms with Crippen molar-refractivity contribution in [3.63, 3.8) is 0 Å². The molecule has 1 amide bonds. The van der Waals surface area contributed by atoms with Crippen molar-refractivity contribution in [3.05, 3.63) is 53.5 Å². The second-order valence-corrected chi connectivity index (χ2v) is 5.75. The highest BCUT2D eigenvalue weighted by Crippen LogP contribution is 2.19. The fourth-order valence-corrected chi connectivity index (χ4v) is 2.78. The summed E-state index contributed by atoms with van der Waals surface area (Å²) in [5.74, 6) is 0.187. The van der Waals surface area contributed by atoms with Crippen LogP contribution in [0.5, 0.6) is 5.75 Å². The van der Waals surface area contributed by atoms with Crippen LogP contribution in [0.2, 0.25) is 0 Å². The summed E-state index contributed by atoms with van der Waals surface area (Å²) in [5, 5.41) is 2.81. The van der Waals surface area contributed by atoms with Crippen LogP contribution in [-0.2, 0) is 6.54 Å². The highest BCUT2D eigenvalue weighted by molar-refractivity contribution is 5.94. The van der Waals surface area contributed by atoms with Gasteiger partial charge in [-0.05, 0) is 48.7 Å². The zero-order valence-electron chi connectivity index (χ0n) is 13.6. The van der Waals surface area contributed by atoms with Gasteiger partial charge in [0, 0.05) is 31.4 Å². The zero-order valence-corrected chi connectivity index (χ0v) is 13.6. The number of carbonyl (C=O) groups is 1. The fourth-order valence-electron chi connectivity index (χ4n) is 2.78. The van der Waals surface area contributed by atoms with Crippen molar-refractivity contribution in [1.82, 2.24) is 10.3 Å². The van der Waals surface area contributed by atoms with Gasteiger partial charge >= 0.3 is 0 Å². The monoisotopic (exact) mass is 329 g/mol. The number of aromatic nitrogens is 1. The number of hydrogen-bond acceptors (Lipinski definition) is 4. The van der Waals surface area contributed by atoms with E-state index in [4.69, 9.17) is 4.74 Å². The Hall–Kier alpha value is -2.63. The van der Waals surface area contributed by atoms with Crippen molar-refractivity contribution < 1.29 is 13.9 Å². The number of hydrogen-bond donors (Lipinski definition) is 1. The van der Waals surface area contributed by atoms with E-state index in [0.29, 0.717) is 6.54 Å².